The summed E-state index contributed by atoms with van der Waals surface area (Å²) in [6.45, 7) is 8.15. The Labute approximate surface area is 180 Å². The van der Waals surface area contributed by atoms with Gasteiger partial charge in [-0.05, 0) is 42.3 Å². The molecule has 7 heteroatoms. The van der Waals surface area contributed by atoms with Crippen LogP contribution in [0.15, 0.2) is 48.5 Å². The number of hydrogen-bond donors (Lipinski definition) is 2. The molecule has 160 valence electrons. The maximum atomic E-state index is 13.6. The molecule has 4 rings (SSSR count). The molecule has 0 fully saturated rings. The first-order valence-corrected chi connectivity index (χ1v) is 10.2. The molecule has 0 saturated carbocycles. The number of rotatable bonds is 3. The van der Waals surface area contributed by atoms with E-state index in [-0.39, 0.29) is 23.7 Å². The summed E-state index contributed by atoms with van der Waals surface area (Å²) >= 11 is 0. The second kappa shape index (κ2) is 7.65. The van der Waals surface area contributed by atoms with Gasteiger partial charge in [-0.1, -0.05) is 39.0 Å². The molecular weight excluding hydrogens is 395 g/mol. The second-order valence-electron chi connectivity index (χ2n) is 8.94. The molecule has 1 unspecified atom stereocenters. The van der Waals surface area contributed by atoms with E-state index in [1.807, 2.05) is 37.3 Å². The molecule has 0 saturated heterocycles. The zero-order valence-corrected chi connectivity index (χ0v) is 18.0. The zero-order valence-electron chi connectivity index (χ0n) is 18.0. The SMILES string of the molecule is Cc1cccc(-n2nc(C(C)(C)C)cc2NC(=O)C2CC(=O)Nc3cc(F)ccc32)c1. The smallest absolute Gasteiger partial charge is 0.233 e. The fourth-order valence-electron chi connectivity index (χ4n) is 3.68. The van der Waals surface area contributed by atoms with Crippen LogP contribution in [-0.2, 0) is 15.0 Å². The van der Waals surface area contributed by atoms with E-state index in [2.05, 4.69) is 31.4 Å². The van der Waals surface area contributed by atoms with Crippen molar-refractivity contribution < 1.29 is 14.0 Å². The minimum absolute atomic E-state index is 0.00479. The number of aryl methyl sites for hydroxylation is 1. The maximum Gasteiger partial charge on any atom is 0.233 e. The van der Waals surface area contributed by atoms with E-state index in [0.29, 0.717) is 17.1 Å². The highest BCUT2D eigenvalue weighted by Crippen LogP contribution is 2.34. The van der Waals surface area contributed by atoms with Crippen molar-refractivity contribution in [2.45, 2.75) is 45.4 Å². The van der Waals surface area contributed by atoms with Gasteiger partial charge in [0.25, 0.3) is 0 Å². The van der Waals surface area contributed by atoms with Crippen molar-refractivity contribution in [3.05, 3.63) is 71.2 Å². The molecule has 0 bridgehead atoms. The lowest BCUT2D eigenvalue weighted by molar-refractivity contribution is -0.123. The number of fused-ring (bicyclic) bond motifs is 1. The number of carbonyl (C=O) groups is 2. The van der Waals surface area contributed by atoms with Gasteiger partial charge in [-0.15, -0.1) is 0 Å². The van der Waals surface area contributed by atoms with E-state index in [1.54, 1.807) is 10.7 Å². The Morgan fingerprint density at radius 1 is 1.19 bits per heavy atom. The molecule has 31 heavy (non-hydrogen) atoms. The number of carbonyl (C=O) groups excluding carboxylic acids is 2. The van der Waals surface area contributed by atoms with Crippen molar-refractivity contribution in [3.63, 3.8) is 0 Å². The summed E-state index contributed by atoms with van der Waals surface area (Å²) in [4.78, 5) is 25.4. The van der Waals surface area contributed by atoms with Gasteiger partial charge in [0.1, 0.15) is 11.6 Å². The first-order chi connectivity index (χ1) is 14.6. The van der Waals surface area contributed by atoms with Gasteiger partial charge < -0.3 is 10.6 Å². The molecule has 3 aromatic rings. The monoisotopic (exact) mass is 420 g/mol. The second-order valence-corrected chi connectivity index (χ2v) is 8.94. The van der Waals surface area contributed by atoms with E-state index < -0.39 is 11.7 Å². The number of benzene rings is 2. The van der Waals surface area contributed by atoms with Crippen molar-refractivity contribution in [1.82, 2.24) is 9.78 Å². The van der Waals surface area contributed by atoms with E-state index in [9.17, 15) is 14.0 Å². The number of halogens is 1. The predicted molar refractivity (Wildman–Crippen MR) is 118 cm³/mol. The number of hydrogen-bond acceptors (Lipinski definition) is 3. The quantitative estimate of drug-likeness (QED) is 0.646. The number of anilines is 2. The third kappa shape index (κ3) is 4.21. The summed E-state index contributed by atoms with van der Waals surface area (Å²) in [5, 5.41) is 10.3. The Kier molecular flexibility index (Phi) is 5.13. The summed E-state index contributed by atoms with van der Waals surface area (Å²) in [7, 11) is 0. The van der Waals surface area contributed by atoms with Gasteiger partial charge in [0, 0.05) is 23.6 Å². The summed E-state index contributed by atoms with van der Waals surface area (Å²) < 4.78 is 15.3. The molecule has 2 N–H and O–H groups in total. The molecule has 1 aliphatic rings. The average molecular weight is 420 g/mol. The van der Waals surface area contributed by atoms with Crippen LogP contribution < -0.4 is 10.6 Å². The van der Waals surface area contributed by atoms with Crippen LogP contribution in [0.5, 0.6) is 0 Å². The van der Waals surface area contributed by atoms with Gasteiger partial charge in [0.15, 0.2) is 0 Å². The van der Waals surface area contributed by atoms with Crippen molar-refractivity contribution in [2.75, 3.05) is 10.6 Å². The first kappa shape index (κ1) is 20.8. The normalized spacial score (nSPS) is 15.9. The minimum atomic E-state index is -0.719. The number of nitrogens with zero attached hydrogens (tertiary/aromatic N) is 2. The molecular formula is C24H25FN4O2. The van der Waals surface area contributed by atoms with Crippen LogP contribution >= 0.6 is 0 Å². The Morgan fingerprint density at radius 2 is 1.97 bits per heavy atom. The fraction of sp³-hybridized carbons (Fsp3) is 0.292. The van der Waals surface area contributed by atoms with Crippen LogP contribution in [-0.4, -0.2) is 21.6 Å². The molecule has 6 nitrogen and oxygen atoms in total. The third-order valence-corrected chi connectivity index (χ3v) is 5.35. The molecule has 0 radical (unpaired) electrons. The molecule has 2 amide bonds. The molecule has 1 atom stereocenters. The predicted octanol–water partition coefficient (Wildman–Crippen LogP) is 4.68. The van der Waals surface area contributed by atoms with Crippen LogP contribution in [0.1, 0.15) is 49.9 Å². The highest BCUT2D eigenvalue weighted by molar-refractivity contribution is 6.05. The highest BCUT2D eigenvalue weighted by Gasteiger charge is 2.32. The molecule has 1 aromatic heterocycles. The van der Waals surface area contributed by atoms with Crippen molar-refractivity contribution in [2.24, 2.45) is 0 Å². The van der Waals surface area contributed by atoms with Crippen LogP contribution in [0.4, 0.5) is 15.9 Å². The highest BCUT2D eigenvalue weighted by atomic mass is 19.1. The van der Waals surface area contributed by atoms with Crippen LogP contribution in [0, 0.1) is 12.7 Å². The number of nitrogens with one attached hydrogen (secondary N) is 2. The van der Waals surface area contributed by atoms with E-state index in [4.69, 9.17) is 5.10 Å². The lowest BCUT2D eigenvalue weighted by Gasteiger charge is -2.25. The molecule has 2 aromatic carbocycles. The summed E-state index contributed by atoms with van der Waals surface area (Å²) in [5.74, 6) is -1.32. The van der Waals surface area contributed by atoms with Gasteiger partial charge in [0.2, 0.25) is 11.8 Å². The summed E-state index contributed by atoms with van der Waals surface area (Å²) in [5.41, 5.74) is 3.43. The lowest BCUT2D eigenvalue weighted by Crippen LogP contribution is -2.31. The minimum Gasteiger partial charge on any atom is -0.326 e. The molecule has 1 aliphatic heterocycles. The van der Waals surface area contributed by atoms with E-state index >= 15 is 0 Å². The van der Waals surface area contributed by atoms with Crippen molar-refractivity contribution in [3.8, 4) is 5.69 Å². The van der Waals surface area contributed by atoms with Gasteiger partial charge in [-0.25, -0.2) is 9.07 Å². The van der Waals surface area contributed by atoms with E-state index in [0.717, 1.165) is 16.9 Å². The zero-order chi connectivity index (χ0) is 22.3. The van der Waals surface area contributed by atoms with Gasteiger partial charge in [-0.2, -0.15) is 5.10 Å². The van der Waals surface area contributed by atoms with E-state index in [1.165, 1.54) is 12.1 Å². The Balaban J connectivity index is 1.72. The standard InChI is InChI=1S/C24H25FN4O2/c1-14-6-5-7-16(10-14)29-21(13-20(28-29)24(2,3)4)27-23(31)18-12-22(30)26-19-11-15(25)8-9-17(18)19/h5-11,13,18H,12H2,1-4H3,(H,26,30)(H,27,31). The maximum absolute atomic E-state index is 13.6. The summed E-state index contributed by atoms with van der Waals surface area (Å²) in [6, 6.07) is 13.8. The van der Waals surface area contributed by atoms with Gasteiger partial charge >= 0.3 is 0 Å². The topological polar surface area (TPSA) is 76.0 Å². The van der Waals surface area contributed by atoms with Gasteiger partial charge in [-0.3, -0.25) is 9.59 Å². The number of amides is 2. The van der Waals surface area contributed by atoms with Crippen molar-refractivity contribution in [1.29, 1.82) is 0 Å². The average Bonchev–Trinajstić information content (AvgIpc) is 3.11. The lowest BCUT2D eigenvalue weighted by atomic mass is 9.89. The Morgan fingerprint density at radius 3 is 2.68 bits per heavy atom. The first-order valence-electron chi connectivity index (χ1n) is 10.2. The molecule has 2 heterocycles. The van der Waals surface area contributed by atoms with Gasteiger partial charge in [0.05, 0.1) is 17.3 Å². The largest absolute Gasteiger partial charge is 0.326 e. The molecule has 0 spiro atoms. The Hall–Kier alpha value is -3.48. The van der Waals surface area contributed by atoms with Crippen LogP contribution in [0.2, 0.25) is 0 Å². The fourth-order valence-corrected chi connectivity index (χ4v) is 3.68. The van der Waals surface area contributed by atoms with Crippen molar-refractivity contribution >= 4 is 23.3 Å². The molecule has 0 aliphatic carbocycles. The number of aromatic nitrogens is 2. The Bertz CT molecular complexity index is 1180. The van der Waals surface area contributed by atoms with Crippen LogP contribution in [0.3, 0.4) is 0 Å². The van der Waals surface area contributed by atoms with Crippen LogP contribution in [0.25, 0.3) is 5.69 Å². The third-order valence-electron chi connectivity index (χ3n) is 5.35. The summed E-state index contributed by atoms with van der Waals surface area (Å²) in [6.07, 6.45) is -0.00479.